The van der Waals surface area contributed by atoms with Crippen LogP contribution in [-0.4, -0.2) is 36.0 Å². The Morgan fingerprint density at radius 3 is 2.53 bits per heavy atom. The molecule has 30 heavy (non-hydrogen) atoms. The van der Waals surface area contributed by atoms with Crippen LogP contribution in [0.2, 0.25) is 5.02 Å². The van der Waals surface area contributed by atoms with Crippen LogP contribution in [0.25, 0.3) is 11.3 Å². The molecule has 3 rings (SSSR count). The van der Waals surface area contributed by atoms with Gasteiger partial charge in [0, 0.05) is 10.6 Å². The molecule has 1 aromatic heterocycles. The van der Waals surface area contributed by atoms with Crippen molar-refractivity contribution in [1.82, 2.24) is 10.3 Å². The molecule has 0 aliphatic carbocycles. The highest BCUT2D eigenvalue weighted by Crippen LogP contribution is 2.34. The van der Waals surface area contributed by atoms with Gasteiger partial charge < -0.3 is 19.5 Å². The molecule has 1 N–H and O–H groups in total. The molecule has 0 fully saturated rings. The third-order valence-electron chi connectivity index (χ3n) is 4.06. The third-order valence-corrected chi connectivity index (χ3v) is 4.49. The van der Waals surface area contributed by atoms with Crippen molar-refractivity contribution in [1.29, 1.82) is 0 Å². The van der Waals surface area contributed by atoms with Crippen molar-refractivity contribution in [3.05, 3.63) is 47.0 Å². The summed E-state index contributed by atoms with van der Waals surface area (Å²) in [6.07, 6.45) is 0. The van der Waals surface area contributed by atoms with E-state index in [1.54, 1.807) is 36.4 Å². The molecule has 8 nitrogen and oxygen atoms in total. The van der Waals surface area contributed by atoms with E-state index in [0.29, 0.717) is 46.7 Å². The minimum Gasteiger partial charge on any atom is -0.490 e. The Bertz CT molecular complexity index is 1020. The topological polar surface area (TPSA) is 95.7 Å². The van der Waals surface area contributed by atoms with Gasteiger partial charge in [-0.15, -0.1) is 0 Å². The molecule has 158 valence electrons. The predicted molar refractivity (Wildman–Crippen MR) is 112 cm³/mol. The molecule has 0 radical (unpaired) electrons. The first kappa shape index (κ1) is 21.4. The van der Waals surface area contributed by atoms with E-state index in [4.69, 9.17) is 30.4 Å². The monoisotopic (exact) mass is 431 g/mol. The number of hydrogen-bond acceptors (Lipinski definition) is 7. The lowest BCUT2D eigenvalue weighted by Crippen LogP contribution is -2.20. The fourth-order valence-electron chi connectivity index (χ4n) is 2.68. The maximum Gasteiger partial charge on any atom is 0.263 e. The first-order valence-corrected chi connectivity index (χ1v) is 9.81. The van der Waals surface area contributed by atoms with Crippen LogP contribution in [0.4, 0.5) is 5.82 Å². The number of hydrogen-bond donors (Lipinski definition) is 1. The van der Waals surface area contributed by atoms with E-state index in [9.17, 15) is 4.79 Å². The molecule has 0 saturated heterocycles. The van der Waals surface area contributed by atoms with E-state index in [1.807, 2.05) is 20.8 Å². The minimum absolute atomic E-state index is 0.183. The second-order valence-electron chi connectivity index (χ2n) is 6.24. The van der Waals surface area contributed by atoms with Crippen molar-refractivity contribution in [2.45, 2.75) is 20.8 Å². The molecule has 0 spiro atoms. The van der Waals surface area contributed by atoms with Gasteiger partial charge in [0.1, 0.15) is 5.75 Å². The van der Waals surface area contributed by atoms with Crippen molar-refractivity contribution in [3.8, 4) is 28.5 Å². The van der Waals surface area contributed by atoms with Gasteiger partial charge in [-0.1, -0.05) is 11.6 Å². The Hall–Kier alpha value is -3.26. The summed E-state index contributed by atoms with van der Waals surface area (Å²) in [4.78, 5) is 12.3. The standard InChI is InChI=1S/C21H22ClN3O5/c1-4-27-17-9-6-14(11-18(17)28-5-2)20-21(25-30-24-20)23-19(26)12-29-15-7-8-16(22)13(3)10-15/h6-11H,4-5,12H2,1-3H3,(H,23,25,26). The largest absolute Gasteiger partial charge is 0.490 e. The van der Waals surface area contributed by atoms with Crippen molar-refractivity contribution in [2.24, 2.45) is 0 Å². The SMILES string of the molecule is CCOc1ccc(-c2nonc2NC(=O)COc2ccc(Cl)c(C)c2)cc1OCC. The van der Waals surface area contributed by atoms with Crippen molar-refractivity contribution in [2.75, 3.05) is 25.1 Å². The van der Waals surface area contributed by atoms with E-state index in [0.717, 1.165) is 5.56 Å². The number of carbonyl (C=O) groups is 1. The predicted octanol–water partition coefficient (Wildman–Crippen LogP) is 4.51. The third kappa shape index (κ3) is 5.21. The first-order valence-electron chi connectivity index (χ1n) is 9.43. The number of aromatic nitrogens is 2. The van der Waals surface area contributed by atoms with E-state index < -0.39 is 5.91 Å². The molecule has 1 amide bonds. The lowest BCUT2D eigenvalue weighted by Gasteiger charge is -2.12. The Balaban J connectivity index is 1.71. The van der Waals surface area contributed by atoms with Gasteiger partial charge in [0.05, 0.1) is 13.2 Å². The van der Waals surface area contributed by atoms with Crippen LogP contribution < -0.4 is 19.5 Å². The highest BCUT2D eigenvalue weighted by atomic mass is 35.5. The maximum absolute atomic E-state index is 12.3. The molecule has 0 atom stereocenters. The molecule has 0 aliphatic rings. The Kier molecular flexibility index (Phi) is 7.13. The number of halogens is 1. The molecule has 0 unspecified atom stereocenters. The number of aryl methyl sites for hydroxylation is 1. The Labute approximate surface area is 179 Å². The summed E-state index contributed by atoms with van der Waals surface area (Å²) in [7, 11) is 0. The van der Waals surface area contributed by atoms with Crippen molar-refractivity contribution < 1.29 is 23.6 Å². The first-order chi connectivity index (χ1) is 14.5. The fourth-order valence-corrected chi connectivity index (χ4v) is 2.80. The number of nitrogens with one attached hydrogen (secondary N) is 1. The molecule has 3 aromatic rings. The van der Waals surface area contributed by atoms with Crippen LogP contribution >= 0.6 is 11.6 Å². The highest BCUT2D eigenvalue weighted by Gasteiger charge is 2.18. The number of anilines is 1. The minimum atomic E-state index is -0.407. The number of benzene rings is 2. The quantitative estimate of drug-likeness (QED) is 0.532. The molecule has 0 saturated carbocycles. The van der Waals surface area contributed by atoms with Gasteiger partial charge in [-0.05, 0) is 73.0 Å². The van der Waals surface area contributed by atoms with E-state index in [-0.39, 0.29) is 12.4 Å². The summed E-state index contributed by atoms with van der Waals surface area (Å²) >= 11 is 5.99. The molecular weight excluding hydrogens is 410 g/mol. The van der Waals surface area contributed by atoms with Gasteiger partial charge >= 0.3 is 0 Å². The average molecular weight is 432 g/mol. The van der Waals surface area contributed by atoms with Crippen LogP contribution in [-0.2, 0) is 4.79 Å². The van der Waals surface area contributed by atoms with Crippen LogP contribution in [0.3, 0.4) is 0 Å². The summed E-state index contributed by atoms with van der Waals surface area (Å²) in [6.45, 7) is 6.42. The molecule has 0 bridgehead atoms. The Morgan fingerprint density at radius 2 is 1.80 bits per heavy atom. The van der Waals surface area contributed by atoms with Crippen molar-refractivity contribution >= 4 is 23.3 Å². The number of rotatable bonds is 9. The van der Waals surface area contributed by atoms with Crippen LogP contribution in [0, 0.1) is 6.92 Å². The summed E-state index contributed by atoms with van der Waals surface area (Å²) in [6, 6.07) is 10.5. The van der Waals surface area contributed by atoms with Gasteiger partial charge in [0.15, 0.2) is 23.8 Å². The van der Waals surface area contributed by atoms with E-state index in [1.165, 1.54) is 0 Å². The zero-order valence-electron chi connectivity index (χ0n) is 16.9. The second-order valence-corrected chi connectivity index (χ2v) is 6.64. The van der Waals surface area contributed by atoms with Gasteiger partial charge in [-0.25, -0.2) is 4.63 Å². The van der Waals surface area contributed by atoms with E-state index >= 15 is 0 Å². The Morgan fingerprint density at radius 1 is 1.03 bits per heavy atom. The molecule has 9 heteroatoms. The van der Waals surface area contributed by atoms with Crippen LogP contribution in [0.5, 0.6) is 17.2 Å². The highest BCUT2D eigenvalue weighted by molar-refractivity contribution is 6.31. The zero-order valence-corrected chi connectivity index (χ0v) is 17.7. The molecular formula is C21H22ClN3O5. The van der Waals surface area contributed by atoms with Gasteiger partial charge in [-0.3, -0.25) is 4.79 Å². The summed E-state index contributed by atoms with van der Waals surface area (Å²) in [5.41, 5.74) is 1.89. The number of nitrogens with zero attached hydrogens (tertiary/aromatic N) is 2. The summed E-state index contributed by atoms with van der Waals surface area (Å²) < 4.78 is 21.5. The number of carbonyl (C=O) groups excluding carboxylic acids is 1. The number of amides is 1. The fraction of sp³-hybridized carbons (Fsp3) is 0.286. The van der Waals surface area contributed by atoms with Gasteiger partial charge in [-0.2, -0.15) is 0 Å². The smallest absolute Gasteiger partial charge is 0.263 e. The lowest BCUT2D eigenvalue weighted by molar-refractivity contribution is -0.118. The van der Waals surface area contributed by atoms with Crippen LogP contribution in [0.1, 0.15) is 19.4 Å². The zero-order chi connectivity index (χ0) is 21.5. The number of ether oxygens (including phenoxy) is 3. The summed E-state index contributed by atoms with van der Waals surface area (Å²) in [5, 5.41) is 11.0. The van der Waals surface area contributed by atoms with Crippen molar-refractivity contribution in [3.63, 3.8) is 0 Å². The molecule has 0 aliphatic heterocycles. The lowest BCUT2D eigenvalue weighted by atomic mass is 10.1. The normalized spacial score (nSPS) is 10.5. The van der Waals surface area contributed by atoms with Gasteiger partial charge in [0.2, 0.25) is 5.82 Å². The van der Waals surface area contributed by atoms with E-state index in [2.05, 4.69) is 15.6 Å². The molecule has 1 heterocycles. The average Bonchev–Trinajstić information content (AvgIpc) is 3.18. The maximum atomic E-state index is 12.3. The second kappa shape index (κ2) is 9.98. The van der Waals surface area contributed by atoms with Gasteiger partial charge in [0.25, 0.3) is 5.91 Å². The molecule has 2 aromatic carbocycles. The summed E-state index contributed by atoms with van der Waals surface area (Å²) in [5.74, 6) is 1.51. The van der Waals surface area contributed by atoms with Crippen LogP contribution in [0.15, 0.2) is 41.0 Å².